The molecule has 3 fully saturated rings. The van der Waals surface area contributed by atoms with Crippen molar-refractivity contribution in [3.8, 4) is 0 Å². The fourth-order valence-corrected chi connectivity index (χ4v) is 3.85. The highest BCUT2D eigenvalue weighted by Gasteiger charge is 2.40. The van der Waals surface area contributed by atoms with Gasteiger partial charge in [-0.05, 0) is 45.1 Å². The summed E-state index contributed by atoms with van der Waals surface area (Å²) in [6, 6.07) is 2.63. The Bertz CT molecular complexity index is 235. The summed E-state index contributed by atoms with van der Waals surface area (Å²) in [5, 5.41) is 0. The molecule has 86 valence electrons. The first-order valence-corrected chi connectivity index (χ1v) is 6.74. The minimum Gasteiger partial charge on any atom is -0.298 e. The van der Waals surface area contributed by atoms with Crippen LogP contribution in [0.4, 0.5) is 0 Å². The van der Waals surface area contributed by atoms with Crippen LogP contribution in [0.5, 0.6) is 0 Å². The van der Waals surface area contributed by atoms with Crippen LogP contribution in [0.3, 0.4) is 0 Å². The van der Waals surface area contributed by atoms with Gasteiger partial charge in [-0.15, -0.1) is 0 Å². The van der Waals surface area contributed by atoms with Gasteiger partial charge in [0.25, 0.3) is 0 Å². The molecule has 2 nitrogen and oxygen atoms in total. The van der Waals surface area contributed by atoms with Gasteiger partial charge in [0.1, 0.15) is 0 Å². The van der Waals surface area contributed by atoms with Crippen LogP contribution < -0.4 is 0 Å². The molecule has 3 rings (SSSR count). The highest BCUT2D eigenvalue weighted by Crippen LogP contribution is 2.35. The van der Waals surface area contributed by atoms with E-state index in [9.17, 15) is 0 Å². The van der Waals surface area contributed by atoms with E-state index in [-0.39, 0.29) is 0 Å². The molecule has 0 amide bonds. The van der Waals surface area contributed by atoms with Crippen LogP contribution in [-0.2, 0) is 0 Å². The maximum absolute atomic E-state index is 2.81. The number of rotatable bonds is 1. The van der Waals surface area contributed by atoms with Crippen LogP contribution in [0.25, 0.3) is 0 Å². The molecule has 15 heavy (non-hydrogen) atoms. The van der Waals surface area contributed by atoms with E-state index in [1.165, 1.54) is 45.3 Å². The van der Waals surface area contributed by atoms with Crippen LogP contribution >= 0.6 is 0 Å². The first kappa shape index (κ1) is 10.1. The first-order chi connectivity index (χ1) is 7.24. The molecule has 0 aromatic heterocycles. The second-order valence-corrected chi connectivity index (χ2v) is 6.07. The lowest BCUT2D eigenvalue weighted by Gasteiger charge is -2.50. The minimum absolute atomic E-state index is 0.803. The zero-order valence-corrected chi connectivity index (χ0v) is 10.2. The highest BCUT2D eigenvalue weighted by atomic mass is 15.3. The zero-order valence-electron chi connectivity index (χ0n) is 10.2. The molecule has 1 saturated carbocycles. The Hall–Kier alpha value is -0.0800. The molecule has 2 aliphatic heterocycles. The normalized spacial score (nSPS) is 47.6. The lowest BCUT2D eigenvalue weighted by Crippen LogP contribution is -2.60. The summed E-state index contributed by atoms with van der Waals surface area (Å²) in [7, 11) is 0. The Labute approximate surface area is 93.6 Å². The monoisotopic (exact) mass is 208 g/mol. The van der Waals surface area contributed by atoms with E-state index in [2.05, 4.69) is 23.6 Å². The van der Waals surface area contributed by atoms with E-state index < -0.39 is 0 Å². The smallest absolute Gasteiger partial charge is 0.0224 e. The molecule has 2 unspecified atom stereocenters. The van der Waals surface area contributed by atoms with E-state index in [4.69, 9.17) is 0 Å². The third-order valence-electron chi connectivity index (χ3n) is 4.80. The van der Waals surface area contributed by atoms with Gasteiger partial charge in [0.05, 0.1) is 0 Å². The Morgan fingerprint density at radius 2 is 1.80 bits per heavy atom. The highest BCUT2D eigenvalue weighted by molar-refractivity contribution is 4.96. The van der Waals surface area contributed by atoms with Crippen LogP contribution in [0.15, 0.2) is 0 Å². The maximum Gasteiger partial charge on any atom is 0.0224 e. The Kier molecular flexibility index (Phi) is 2.52. The molecule has 2 atom stereocenters. The molecule has 0 radical (unpaired) electrons. The van der Waals surface area contributed by atoms with Gasteiger partial charge in [0, 0.05) is 31.2 Å². The molecule has 1 aliphatic carbocycles. The summed E-state index contributed by atoms with van der Waals surface area (Å²) in [5.41, 5.74) is 0. The second-order valence-electron chi connectivity index (χ2n) is 6.07. The minimum atomic E-state index is 0.803. The summed E-state index contributed by atoms with van der Waals surface area (Å²) in [5.74, 6) is 0.990. The summed E-state index contributed by atoms with van der Waals surface area (Å²) in [4.78, 5) is 5.54. The molecular weight excluding hydrogens is 184 g/mol. The Balaban J connectivity index is 1.64. The lowest BCUT2D eigenvalue weighted by molar-refractivity contribution is -0.0140. The fourth-order valence-electron chi connectivity index (χ4n) is 3.85. The summed E-state index contributed by atoms with van der Waals surface area (Å²) < 4.78 is 0. The molecule has 2 heterocycles. The number of hydrogen-bond donors (Lipinski definition) is 0. The third kappa shape index (κ3) is 1.72. The molecule has 0 spiro atoms. The van der Waals surface area contributed by atoms with Crippen molar-refractivity contribution in [2.75, 3.05) is 19.6 Å². The number of hydrogen-bond acceptors (Lipinski definition) is 2. The standard InChI is InChI=1S/C13H24N2/c1-10-6-13(7-10)15-9-12-4-3-5-14(12)8-11(15)2/h10-13H,3-9H2,1-2H3. The molecule has 0 bridgehead atoms. The van der Waals surface area contributed by atoms with Crippen molar-refractivity contribution in [3.05, 3.63) is 0 Å². The van der Waals surface area contributed by atoms with Crippen molar-refractivity contribution in [1.82, 2.24) is 9.80 Å². The van der Waals surface area contributed by atoms with Gasteiger partial charge >= 0.3 is 0 Å². The molecule has 2 heteroatoms. The van der Waals surface area contributed by atoms with Crippen molar-refractivity contribution in [2.24, 2.45) is 5.92 Å². The van der Waals surface area contributed by atoms with E-state index in [1.54, 1.807) is 0 Å². The average Bonchev–Trinajstić information content (AvgIpc) is 2.59. The van der Waals surface area contributed by atoms with E-state index in [1.807, 2.05) is 0 Å². The predicted molar refractivity (Wildman–Crippen MR) is 62.9 cm³/mol. The Morgan fingerprint density at radius 1 is 1.00 bits per heavy atom. The first-order valence-electron chi connectivity index (χ1n) is 6.74. The average molecular weight is 208 g/mol. The molecular formula is C13H24N2. The van der Waals surface area contributed by atoms with Gasteiger partial charge in [-0.25, -0.2) is 0 Å². The van der Waals surface area contributed by atoms with Crippen LogP contribution in [-0.4, -0.2) is 47.6 Å². The quantitative estimate of drug-likeness (QED) is 0.650. The van der Waals surface area contributed by atoms with Gasteiger partial charge in [-0.2, -0.15) is 0 Å². The summed E-state index contributed by atoms with van der Waals surface area (Å²) in [6.45, 7) is 8.88. The van der Waals surface area contributed by atoms with Gasteiger partial charge in [-0.3, -0.25) is 9.80 Å². The molecule has 0 N–H and O–H groups in total. The Morgan fingerprint density at radius 3 is 2.53 bits per heavy atom. The van der Waals surface area contributed by atoms with Crippen molar-refractivity contribution in [3.63, 3.8) is 0 Å². The van der Waals surface area contributed by atoms with Gasteiger partial charge < -0.3 is 0 Å². The SMILES string of the molecule is CC1CC(N2CC3CCCN3CC2C)C1. The van der Waals surface area contributed by atoms with E-state index >= 15 is 0 Å². The number of nitrogens with zero attached hydrogens (tertiary/aromatic N) is 2. The van der Waals surface area contributed by atoms with Gasteiger partial charge in [0.2, 0.25) is 0 Å². The lowest BCUT2D eigenvalue weighted by atomic mass is 9.79. The molecule has 0 aromatic carbocycles. The molecule has 0 aromatic rings. The number of piperazine rings is 1. The maximum atomic E-state index is 2.81. The summed E-state index contributed by atoms with van der Waals surface area (Å²) in [6.07, 6.45) is 5.80. The molecule has 2 saturated heterocycles. The van der Waals surface area contributed by atoms with Crippen molar-refractivity contribution in [1.29, 1.82) is 0 Å². The predicted octanol–water partition coefficient (Wildman–Crippen LogP) is 1.95. The largest absolute Gasteiger partial charge is 0.298 e. The van der Waals surface area contributed by atoms with Crippen LogP contribution in [0.2, 0.25) is 0 Å². The molecule has 3 aliphatic rings. The van der Waals surface area contributed by atoms with Crippen LogP contribution in [0, 0.1) is 5.92 Å². The van der Waals surface area contributed by atoms with Gasteiger partial charge in [0.15, 0.2) is 0 Å². The van der Waals surface area contributed by atoms with Crippen LogP contribution in [0.1, 0.15) is 39.5 Å². The van der Waals surface area contributed by atoms with E-state index in [0.29, 0.717) is 0 Å². The summed E-state index contributed by atoms with van der Waals surface area (Å²) >= 11 is 0. The fraction of sp³-hybridized carbons (Fsp3) is 1.00. The number of fused-ring (bicyclic) bond motifs is 1. The zero-order chi connectivity index (χ0) is 10.4. The second kappa shape index (κ2) is 3.74. The van der Waals surface area contributed by atoms with Crippen molar-refractivity contribution < 1.29 is 0 Å². The van der Waals surface area contributed by atoms with E-state index in [0.717, 1.165) is 24.0 Å². The van der Waals surface area contributed by atoms with Crippen molar-refractivity contribution >= 4 is 0 Å². The van der Waals surface area contributed by atoms with Crippen molar-refractivity contribution in [2.45, 2.75) is 57.7 Å². The third-order valence-corrected chi connectivity index (χ3v) is 4.80. The van der Waals surface area contributed by atoms with Gasteiger partial charge in [-0.1, -0.05) is 6.92 Å². The topological polar surface area (TPSA) is 6.48 Å².